The first-order valence-electron chi connectivity index (χ1n) is 3.18. The lowest BCUT2D eigenvalue weighted by atomic mass is 10.4. The number of rotatable bonds is 2. The van der Waals surface area contributed by atoms with E-state index in [0.717, 1.165) is 0 Å². The lowest BCUT2D eigenvalue weighted by Gasteiger charge is -2.09. The van der Waals surface area contributed by atoms with Crippen LogP contribution in [-0.2, 0) is 9.59 Å². The van der Waals surface area contributed by atoms with Crippen molar-refractivity contribution >= 4 is 36.2 Å². The zero-order chi connectivity index (χ0) is 8.43. The second-order valence-electron chi connectivity index (χ2n) is 2.23. The highest BCUT2D eigenvalue weighted by Crippen LogP contribution is 2.22. The standard InChI is InChI=1S/C6H9NO2S2/c1-11-4-2-5(8)7(3-10)6(4)9/h4,10H,2-3H2,1H3. The summed E-state index contributed by atoms with van der Waals surface area (Å²) in [6.45, 7) is 0. The van der Waals surface area contributed by atoms with Gasteiger partial charge in [0.1, 0.15) is 0 Å². The van der Waals surface area contributed by atoms with Crippen molar-refractivity contribution < 1.29 is 9.59 Å². The third-order valence-corrected chi connectivity index (χ3v) is 2.85. The average molecular weight is 191 g/mol. The van der Waals surface area contributed by atoms with E-state index in [1.54, 1.807) is 0 Å². The van der Waals surface area contributed by atoms with Crippen LogP contribution in [0.3, 0.4) is 0 Å². The number of amides is 2. The van der Waals surface area contributed by atoms with E-state index >= 15 is 0 Å². The molecule has 1 fully saturated rings. The summed E-state index contributed by atoms with van der Waals surface area (Å²) in [4.78, 5) is 23.4. The summed E-state index contributed by atoms with van der Waals surface area (Å²) in [5.41, 5.74) is 0. The third-order valence-electron chi connectivity index (χ3n) is 1.63. The van der Waals surface area contributed by atoms with Gasteiger partial charge < -0.3 is 0 Å². The Kier molecular flexibility index (Phi) is 2.84. The molecule has 0 spiro atoms. The molecule has 0 aromatic rings. The van der Waals surface area contributed by atoms with Gasteiger partial charge in [0.2, 0.25) is 11.8 Å². The third kappa shape index (κ3) is 1.54. The van der Waals surface area contributed by atoms with Crippen LogP contribution in [0.15, 0.2) is 0 Å². The SMILES string of the molecule is CSC1CC(=O)N(CS)C1=O. The molecule has 1 aliphatic rings. The van der Waals surface area contributed by atoms with Crippen LogP contribution in [0.2, 0.25) is 0 Å². The molecule has 0 saturated carbocycles. The number of thioether (sulfide) groups is 1. The molecule has 0 N–H and O–H groups in total. The smallest absolute Gasteiger partial charge is 0.243 e. The van der Waals surface area contributed by atoms with Crippen molar-refractivity contribution in [2.75, 3.05) is 12.1 Å². The van der Waals surface area contributed by atoms with Crippen molar-refractivity contribution in [3.63, 3.8) is 0 Å². The molecular weight excluding hydrogens is 182 g/mol. The monoisotopic (exact) mass is 191 g/mol. The van der Waals surface area contributed by atoms with Crippen LogP contribution in [-0.4, -0.2) is 34.1 Å². The maximum absolute atomic E-state index is 11.2. The minimum Gasteiger partial charge on any atom is -0.274 e. The van der Waals surface area contributed by atoms with E-state index in [1.807, 2.05) is 6.26 Å². The molecule has 1 atom stereocenters. The second-order valence-corrected chi connectivity index (χ2v) is 3.55. The Hall–Kier alpha value is -0.160. The fourth-order valence-corrected chi connectivity index (χ4v) is 1.92. The van der Waals surface area contributed by atoms with Crippen LogP contribution < -0.4 is 0 Å². The van der Waals surface area contributed by atoms with Gasteiger partial charge in [-0.05, 0) is 6.26 Å². The normalized spacial score (nSPS) is 24.9. The number of likely N-dealkylation sites (tertiary alicyclic amines) is 1. The zero-order valence-electron chi connectivity index (χ0n) is 6.11. The molecular formula is C6H9NO2S2. The molecule has 1 unspecified atom stereocenters. The summed E-state index contributed by atoms with van der Waals surface area (Å²) in [5.74, 6) is -0.00352. The van der Waals surface area contributed by atoms with E-state index in [0.29, 0.717) is 6.42 Å². The Labute approximate surface area is 74.9 Å². The predicted molar refractivity (Wildman–Crippen MR) is 47.6 cm³/mol. The minimum absolute atomic E-state index is 0.0995. The first kappa shape index (κ1) is 8.93. The van der Waals surface area contributed by atoms with Crippen LogP contribution in [0.5, 0.6) is 0 Å². The number of nitrogens with zero attached hydrogens (tertiary/aromatic N) is 1. The van der Waals surface area contributed by atoms with Crippen molar-refractivity contribution in [2.24, 2.45) is 0 Å². The molecule has 3 nitrogen and oxygen atoms in total. The van der Waals surface area contributed by atoms with E-state index in [4.69, 9.17) is 0 Å². The summed E-state index contributed by atoms with van der Waals surface area (Å²) in [7, 11) is 0. The summed E-state index contributed by atoms with van der Waals surface area (Å²) in [5, 5.41) is -0.172. The Morgan fingerprint density at radius 3 is 2.64 bits per heavy atom. The van der Waals surface area contributed by atoms with Crippen LogP contribution in [0.4, 0.5) is 0 Å². The summed E-state index contributed by atoms with van der Waals surface area (Å²) in [6.07, 6.45) is 2.17. The fraction of sp³-hybridized carbons (Fsp3) is 0.667. The summed E-state index contributed by atoms with van der Waals surface area (Å²) >= 11 is 5.31. The molecule has 0 aromatic carbocycles. The molecule has 0 bridgehead atoms. The minimum atomic E-state index is -0.172. The topological polar surface area (TPSA) is 37.4 Å². The molecule has 0 aliphatic carbocycles. The first-order valence-corrected chi connectivity index (χ1v) is 5.10. The number of imide groups is 1. The number of hydrogen-bond donors (Lipinski definition) is 1. The highest BCUT2D eigenvalue weighted by molar-refractivity contribution is 8.00. The first-order chi connectivity index (χ1) is 5.20. The maximum Gasteiger partial charge on any atom is 0.243 e. The zero-order valence-corrected chi connectivity index (χ0v) is 7.82. The summed E-state index contributed by atoms with van der Waals surface area (Å²) < 4.78 is 0. The lowest BCUT2D eigenvalue weighted by molar-refractivity contribution is -0.136. The van der Waals surface area contributed by atoms with Crippen molar-refractivity contribution in [3.8, 4) is 0 Å². The van der Waals surface area contributed by atoms with Gasteiger partial charge in [-0.1, -0.05) is 0 Å². The van der Waals surface area contributed by atoms with E-state index in [-0.39, 0.29) is 22.9 Å². The molecule has 2 amide bonds. The van der Waals surface area contributed by atoms with Gasteiger partial charge in [0.15, 0.2) is 0 Å². The van der Waals surface area contributed by atoms with Crippen molar-refractivity contribution in [3.05, 3.63) is 0 Å². The van der Waals surface area contributed by atoms with E-state index in [1.165, 1.54) is 16.7 Å². The van der Waals surface area contributed by atoms with Crippen LogP contribution in [0.25, 0.3) is 0 Å². The van der Waals surface area contributed by atoms with Gasteiger partial charge in [0, 0.05) is 6.42 Å². The Morgan fingerprint density at radius 1 is 1.73 bits per heavy atom. The van der Waals surface area contributed by atoms with E-state index < -0.39 is 0 Å². The predicted octanol–water partition coefficient (Wildman–Crippen LogP) is 0.364. The quantitative estimate of drug-likeness (QED) is 0.506. The van der Waals surface area contributed by atoms with Gasteiger partial charge in [-0.2, -0.15) is 24.4 Å². The Morgan fingerprint density at radius 2 is 2.36 bits per heavy atom. The molecule has 1 rings (SSSR count). The van der Waals surface area contributed by atoms with Gasteiger partial charge in [-0.3, -0.25) is 14.5 Å². The summed E-state index contributed by atoms with van der Waals surface area (Å²) in [6, 6.07) is 0. The van der Waals surface area contributed by atoms with Gasteiger partial charge >= 0.3 is 0 Å². The van der Waals surface area contributed by atoms with Crippen LogP contribution >= 0.6 is 24.4 Å². The Balaban J connectivity index is 2.71. The van der Waals surface area contributed by atoms with Crippen LogP contribution in [0.1, 0.15) is 6.42 Å². The van der Waals surface area contributed by atoms with Crippen molar-refractivity contribution in [1.82, 2.24) is 4.90 Å². The van der Waals surface area contributed by atoms with Gasteiger partial charge in [0.05, 0.1) is 11.1 Å². The maximum atomic E-state index is 11.2. The Bertz CT molecular complexity index is 195. The molecule has 5 heteroatoms. The number of hydrogen-bond acceptors (Lipinski definition) is 4. The molecule has 1 heterocycles. The van der Waals surface area contributed by atoms with Crippen molar-refractivity contribution in [1.29, 1.82) is 0 Å². The number of carbonyl (C=O) groups is 2. The van der Waals surface area contributed by atoms with Gasteiger partial charge in [-0.15, -0.1) is 0 Å². The van der Waals surface area contributed by atoms with Crippen LogP contribution in [0, 0.1) is 0 Å². The molecule has 1 saturated heterocycles. The molecule has 11 heavy (non-hydrogen) atoms. The lowest BCUT2D eigenvalue weighted by Crippen LogP contribution is -2.29. The average Bonchev–Trinajstić information content (AvgIpc) is 2.26. The molecule has 0 aromatic heterocycles. The highest BCUT2D eigenvalue weighted by Gasteiger charge is 2.36. The highest BCUT2D eigenvalue weighted by atomic mass is 32.2. The number of carbonyl (C=O) groups excluding carboxylic acids is 2. The second kappa shape index (κ2) is 3.49. The van der Waals surface area contributed by atoms with E-state index in [2.05, 4.69) is 12.6 Å². The number of thiol groups is 1. The molecule has 0 radical (unpaired) electrons. The van der Waals surface area contributed by atoms with Gasteiger partial charge in [0.25, 0.3) is 0 Å². The fourth-order valence-electron chi connectivity index (χ4n) is 0.986. The van der Waals surface area contributed by atoms with Gasteiger partial charge in [-0.25, -0.2) is 0 Å². The molecule has 1 aliphatic heterocycles. The largest absolute Gasteiger partial charge is 0.274 e. The van der Waals surface area contributed by atoms with Crippen molar-refractivity contribution in [2.45, 2.75) is 11.7 Å². The van der Waals surface area contributed by atoms with E-state index in [9.17, 15) is 9.59 Å². The molecule has 62 valence electrons.